The minimum Gasteiger partial charge on any atom is -0.372 e. The molecule has 0 aliphatic carbocycles. The average molecular weight is 263 g/mol. The monoisotopic (exact) mass is 263 g/mol. The molecule has 19 heavy (non-hydrogen) atoms. The summed E-state index contributed by atoms with van der Waals surface area (Å²) in [4.78, 5) is 24.7. The van der Waals surface area contributed by atoms with Crippen molar-refractivity contribution in [2.24, 2.45) is 5.92 Å². The first-order valence-corrected chi connectivity index (χ1v) is 6.48. The molecule has 0 spiro atoms. The number of hydrogen-bond donors (Lipinski definition) is 1. The van der Waals surface area contributed by atoms with Gasteiger partial charge in [-0.05, 0) is 20.0 Å². The van der Waals surface area contributed by atoms with E-state index in [0.717, 1.165) is 13.1 Å². The molecule has 0 radical (unpaired) electrons. The first-order chi connectivity index (χ1) is 9.02. The zero-order valence-corrected chi connectivity index (χ0v) is 11.9. The molecule has 2 unspecified atom stereocenters. The van der Waals surface area contributed by atoms with E-state index < -0.39 is 0 Å². The number of likely N-dealkylation sites (tertiary alicyclic amines) is 1. The molecule has 2 rings (SSSR count). The summed E-state index contributed by atoms with van der Waals surface area (Å²) >= 11 is 0. The van der Waals surface area contributed by atoms with Crippen LogP contribution >= 0.6 is 0 Å². The van der Waals surface area contributed by atoms with Crippen LogP contribution in [0, 0.1) is 5.92 Å². The topological polar surface area (TPSA) is 61.4 Å². The molecule has 1 fully saturated rings. The quantitative estimate of drug-likeness (QED) is 0.862. The molecule has 0 aromatic carbocycles. The smallest absolute Gasteiger partial charge is 0.274 e. The summed E-state index contributed by atoms with van der Waals surface area (Å²) in [5.74, 6) is 1.04. The highest BCUT2D eigenvalue weighted by molar-refractivity contribution is 5.92. The number of anilines is 1. The fourth-order valence-corrected chi connectivity index (χ4v) is 2.54. The third-order valence-corrected chi connectivity index (χ3v) is 3.63. The second-order valence-corrected chi connectivity index (χ2v) is 5.26. The van der Waals surface area contributed by atoms with E-state index in [1.807, 2.05) is 4.90 Å². The number of nitrogens with zero attached hydrogens (tertiary/aromatic N) is 4. The van der Waals surface area contributed by atoms with Crippen LogP contribution in [0.3, 0.4) is 0 Å². The third-order valence-electron chi connectivity index (χ3n) is 3.63. The van der Waals surface area contributed by atoms with Crippen molar-refractivity contribution in [2.75, 3.05) is 39.5 Å². The first-order valence-electron chi connectivity index (χ1n) is 6.48. The molecule has 1 amide bonds. The molecule has 2 heterocycles. The van der Waals surface area contributed by atoms with Crippen molar-refractivity contribution in [2.45, 2.75) is 13.0 Å². The SMILES string of the molecule is CNc1cncc(C(=O)N2CC(C)C(N(C)C)C2)n1. The van der Waals surface area contributed by atoms with Gasteiger partial charge in [0.05, 0.1) is 12.4 Å². The summed E-state index contributed by atoms with van der Waals surface area (Å²) in [5.41, 5.74) is 0.401. The summed E-state index contributed by atoms with van der Waals surface area (Å²) < 4.78 is 0. The Labute approximate surface area is 113 Å². The van der Waals surface area contributed by atoms with Gasteiger partial charge >= 0.3 is 0 Å². The maximum Gasteiger partial charge on any atom is 0.274 e. The second-order valence-electron chi connectivity index (χ2n) is 5.26. The highest BCUT2D eigenvalue weighted by Gasteiger charge is 2.34. The van der Waals surface area contributed by atoms with Crippen LogP contribution in [0.25, 0.3) is 0 Å². The van der Waals surface area contributed by atoms with E-state index in [2.05, 4.69) is 41.2 Å². The van der Waals surface area contributed by atoms with Crippen LogP contribution in [0.5, 0.6) is 0 Å². The largest absolute Gasteiger partial charge is 0.372 e. The molecule has 104 valence electrons. The normalized spacial score (nSPS) is 22.9. The lowest BCUT2D eigenvalue weighted by atomic mass is 10.1. The minimum absolute atomic E-state index is 0.0409. The Morgan fingerprint density at radius 3 is 2.74 bits per heavy atom. The number of amides is 1. The molecule has 6 heteroatoms. The van der Waals surface area contributed by atoms with E-state index in [1.54, 1.807) is 13.2 Å². The molecule has 1 aliphatic rings. The van der Waals surface area contributed by atoms with E-state index in [9.17, 15) is 4.79 Å². The number of nitrogens with one attached hydrogen (secondary N) is 1. The number of carbonyl (C=O) groups is 1. The van der Waals surface area contributed by atoms with Crippen molar-refractivity contribution < 1.29 is 4.79 Å². The summed E-state index contributed by atoms with van der Waals surface area (Å²) in [5, 5.41) is 2.90. The maximum absolute atomic E-state index is 12.4. The number of rotatable bonds is 3. The molecule has 1 N–H and O–H groups in total. The maximum atomic E-state index is 12.4. The molecular weight excluding hydrogens is 242 g/mol. The van der Waals surface area contributed by atoms with Gasteiger partial charge in [-0.2, -0.15) is 0 Å². The predicted molar refractivity (Wildman–Crippen MR) is 74.1 cm³/mol. The zero-order valence-electron chi connectivity index (χ0n) is 11.9. The molecule has 1 saturated heterocycles. The Morgan fingerprint density at radius 2 is 2.16 bits per heavy atom. The van der Waals surface area contributed by atoms with Gasteiger partial charge in [-0.15, -0.1) is 0 Å². The molecule has 6 nitrogen and oxygen atoms in total. The average Bonchev–Trinajstić information content (AvgIpc) is 2.80. The highest BCUT2D eigenvalue weighted by atomic mass is 16.2. The van der Waals surface area contributed by atoms with Gasteiger partial charge in [0.15, 0.2) is 0 Å². The zero-order chi connectivity index (χ0) is 14.0. The predicted octanol–water partition coefficient (Wildman–Crippen LogP) is 0.540. The van der Waals surface area contributed by atoms with Crippen molar-refractivity contribution in [3.8, 4) is 0 Å². The van der Waals surface area contributed by atoms with E-state index in [-0.39, 0.29) is 5.91 Å². The standard InChI is InChI=1S/C13H21N5O/c1-9-7-18(8-11(9)17(3)4)13(19)10-5-15-6-12(14-2)16-10/h5-6,9,11H,7-8H2,1-4H3,(H,14,16). The van der Waals surface area contributed by atoms with Gasteiger partial charge in [0.1, 0.15) is 11.5 Å². The Balaban J connectivity index is 2.12. The van der Waals surface area contributed by atoms with E-state index in [1.165, 1.54) is 6.20 Å². The molecule has 1 aromatic rings. The van der Waals surface area contributed by atoms with Gasteiger partial charge < -0.3 is 15.1 Å². The van der Waals surface area contributed by atoms with E-state index >= 15 is 0 Å². The van der Waals surface area contributed by atoms with E-state index in [4.69, 9.17) is 0 Å². The van der Waals surface area contributed by atoms with Gasteiger partial charge in [-0.25, -0.2) is 4.98 Å². The van der Waals surface area contributed by atoms with Crippen LogP contribution in [0.4, 0.5) is 5.82 Å². The Bertz CT molecular complexity index is 462. The third kappa shape index (κ3) is 2.84. The Kier molecular flexibility index (Phi) is 3.99. The summed E-state index contributed by atoms with van der Waals surface area (Å²) in [7, 11) is 5.87. The fraction of sp³-hybridized carbons (Fsp3) is 0.615. The van der Waals surface area contributed by atoms with Crippen LogP contribution in [-0.2, 0) is 0 Å². The summed E-state index contributed by atoms with van der Waals surface area (Å²) in [6.07, 6.45) is 3.13. The molecule has 0 bridgehead atoms. The Morgan fingerprint density at radius 1 is 1.42 bits per heavy atom. The van der Waals surface area contributed by atoms with Crippen LogP contribution in [0.1, 0.15) is 17.4 Å². The van der Waals surface area contributed by atoms with Gasteiger partial charge in [-0.1, -0.05) is 6.92 Å². The highest BCUT2D eigenvalue weighted by Crippen LogP contribution is 2.21. The second kappa shape index (κ2) is 5.52. The van der Waals surface area contributed by atoms with Gasteiger partial charge in [0.2, 0.25) is 0 Å². The number of hydrogen-bond acceptors (Lipinski definition) is 5. The van der Waals surface area contributed by atoms with E-state index in [0.29, 0.717) is 23.5 Å². The number of likely N-dealkylation sites (N-methyl/N-ethyl adjacent to an activating group) is 1. The lowest BCUT2D eigenvalue weighted by Crippen LogP contribution is -2.36. The number of carbonyl (C=O) groups excluding carboxylic acids is 1. The van der Waals surface area contributed by atoms with Crippen LogP contribution in [0.15, 0.2) is 12.4 Å². The van der Waals surface area contributed by atoms with Crippen molar-refractivity contribution in [3.63, 3.8) is 0 Å². The van der Waals surface area contributed by atoms with Crippen LogP contribution < -0.4 is 5.32 Å². The molecule has 2 atom stereocenters. The van der Waals surface area contributed by atoms with Gasteiger partial charge in [0.25, 0.3) is 5.91 Å². The molecular formula is C13H21N5O. The Hall–Kier alpha value is -1.69. The van der Waals surface area contributed by atoms with Crippen LogP contribution in [-0.4, -0.2) is 65.9 Å². The van der Waals surface area contributed by atoms with Gasteiger partial charge in [0, 0.05) is 26.2 Å². The lowest BCUT2D eigenvalue weighted by molar-refractivity contribution is 0.0775. The molecule has 1 aromatic heterocycles. The molecule has 0 saturated carbocycles. The fourth-order valence-electron chi connectivity index (χ4n) is 2.54. The van der Waals surface area contributed by atoms with Crippen LogP contribution in [0.2, 0.25) is 0 Å². The molecule has 1 aliphatic heterocycles. The van der Waals surface area contributed by atoms with Crippen molar-refractivity contribution in [1.29, 1.82) is 0 Å². The lowest BCUT2D eigenvalue weighted by Gasteiger charge is -2.22. The number of aromatic nitrogens is 2. The van der Waals surface area contributed by atoms with Crippen molar-refractivity contribution >= 4 is 11.7 Å². The summed E-state index contributed by atoms with van der Waals surface area (Å²) in [6.45, 7) is 3.69. The van der Waals surface area contributed by atoms with Gasteiger partial charge in [-0.3, -0.25) is 9.78 Å². The first kappa shape index (κ1) is 13.7. The minimum atomic E-state index is -0.0409. The van der Waals surface area contributed by atoms with Crippen molar-refractivity contribution in [3.05, 3.63) is 18.1 Å². The summed E-state index contributed by atoms with van der Waals surface area (Å²) in [6, 6.07) is 0.407. The van der Waals surface area contributed by atoms with Crippen molar-refractivity contribution in [1.82, 2.24) is 19.8 Å².